The van der Waals surface area contributed by atoms with E-state index < -0.39 is 6.04 Å². The molecule has 2 amide bonds. The van der Waals surface area contributed by atoms with Crippen LogP contribution in [0.3, 0.4) is 0 Å². The van der Waals surface area contributed by atoms with Crippen molar-refractivity contribution in [1.29, 1.82) is 0 Å². The Morgan fingerprint density at radius 1 is 1.13 bits per heavy atom. The molecule has 4 nitrogen and oxygen atoms in total. The van der Waals surface area contributed by atoms with Crippen LogP contribution in [0.25, 0.3) is 0 Å². The molecule has 1 saturated carbocycles. The summed E-state index contributed by atoms with van der Waals surface area (Å²) in [7, 11) is 0. The van der Waals surface area contributed by atoms with Crippen LogP contribution in [0.2, 0.25) is 5.02 Å². The van der Waals surface area contributed by atoms with E-state index in [2.05, 4.69) is 5.32 Å². The van der Waals surface area contributed by atoms with E-state index in [0.29, 0.717) is 18.0 Å². The van der Waals surface area contributed by atoms with Crippen molar-refractivity contribution in [2.24, 2.45) is 0 Å². The summed E-state index contributed by atoms with van der Waals surface area (Å²) in [5.41, 5.74) is 2.92. The van der Waals surface area contributed by atoms with E-state index in [-0.39, 0.29) is 24.3 Å². The predicted octanol–water partition coefficient (Wildman–Crippen LogP) is 5.06. The molecule has 3 rings (SSSR count). The topological polar surface area (TPSA) is 49.4 Å². The molecular weight excluding hydrogens is 396 g/mol. The minimum atomic E-state index is -0.515. The second-order valence-corrected chi connectivity index (χ2v) is 8.60. The summed E-state index contributed by atoms with van der Waals surface area (Å²) in [5, 5.41) is 3.78. The highest BCUT2D eigenvalue weighted by molar-refractivity contribution is 6.31. The zero-order valence-electron chi connectivity index (χ0n) is 17.9. The van der Waals surface area contributed by atoms with Crippen molar-refractivity contribution in [1.82, 2.24) is 10.2 Å². The largest absolute Gasteiger partial charge is 0.352 e. The summed E-state index contributed by atoms with van der Waals surface area (Å²) in [6.45, 7) is 4.29. The van der Waals surface area contributed by atoms with Gasteiger partial charge in [0.1, 0.15) is 6.04 Å². The standard InChI is InChI=1S/C25H31ClN2O2/c1-3-23(25(30)27-21-12-5-6-13-21)28(17-20-11-4-7-14-22(20)26)24(29)16-19-10-8-9-18(2)15-19/h4,7-11,14-15,21,23H,3,5-6,12-13,16-17H2,1-2H3,(H,27,30). The van der Waals surface area contributed by atoms with Gasteiger partial charge < -0.3 is 10.2 Å². The second kappa shape index (κ2) is 10.6. The van der Waals surface area contributed by atoms with Crippen LogP contribution in [-0.4, -0.2) is 28.8 Å². The van der Waals surface area contributed by atoms with Gasteiger partial charge in [-0.1, -0.05) is 79.4 Å². The van der Waals surface area contributed by atoms with Gasteiger partial charge in [0.05, 0.1) is 6.42 Å². The number of hydrogen-bond donors (Lipinski definition) is 1. The van der Waals surface area contributed by atoms with Gasteiger partial charge in [0.2, 0.25) is 11.8 Å². The molecule has 0 radical (unpaired) electrons. The van der Waals surface area contributed by atoms with Crippen LogP contribution in [-0.2, 0) is 22.6 Å². The van der Waals surface area contributed by atoms with Crippen LogP contribution in [0.5, 0.6) is 0 Å². The number of amides is 2. The summed E-state index contributed by atoms with van der Waals surface area (Å²) in [5.74, 6) is -0.122. The first kappa shape index (κ1) is 22.4. The number of aryl methyl sites for hydroxylation is 1. The lowest BCUT2D eigenvalue weighted by Gasteiger charge is -2.32. The van der Waals surface area contributed by atoms with Crippen molar-refractivity contribution in [3.05, 3.63) is 70.2 Å². The van der Waals surface area contributed by atoms with Gasteiger partial charge in [0, 0.05) is 17.6 Å². The highest BCUT2D eigenvalue weighted by atomic mass is 35.5. The lowest BCUT2D eigenvalue weighted by Crippen LogP contribution is -2.51. The Morgan fingerprint density at radius 3 is 2.53 bits per heavy atom. The molecule has 1 fully saturated rings. The number of benzene rings is 2. The van der Waals surface area contributed by atoms with E-state index in [1.165, 1.54) is 0 Å². The van der Waals surface area contributed by atoms with Gasteiger partial charge in [0.25, 0.3) is 0 Å². The SMILES string of the molecule is CCC(C(=O)NC1CCCC1)N(Cc1ccccc1Cl)C(=O)Cc1cccc(C)c1. The number of carbonyl (C=O) groups is 2. The van der Waals surface area contributed by atoms with Gasteiger partial charge in [0.15, 0.2) is 0 Å². The first-order valence-electron chi connectivity index (χ1n) is 10.9. The Balaban J connectivity index is 1.83. The summed E-state index contributed by atoms with van der Waals surface area (Å²) in [6, 6.07) is 15.2. The van der Waals surface area contributed by atoms with Crippen LogP contribution >= 0.6 is 11.6 Å². The Hall–Kier alpha value is -2.33. The smallest absolute Gasteiger partial charge is 0.243 e. The molecule has 0 heterocycles. The Labute approximate surface area is 184 Å². The van der Waals surface area contributed by atoms with Crippen LogP contribution in [0.1, 0.15) is 55.7 Å². The Kier molecular flexibility index (Phi) is 7.92. The maximum absolute atomic E-state index is 13.4. The van der Waals surface area contributed by atoms with Crippen molar-refractivity contribution in [2.75, 3.05) is 0 Å². The maximum atomic E-state index is 13.4. The average molecular weight is 427 g/mol. The molecule has 0 aliphatic heterocycles. The van der Waals surface area contributed by atoms with Crippen LogP contribution in [0, 0.1) is 6.92 Å². The number of nitrogens with one attached hydrogen (secondary N) is 1. The Morgan fingerprint density at radius 2 is 1.87 bits per heavy atom. The predicted molar refractivity (Wildman–Crippen MR) is 121 cm³/mol. The molecule has 1 unspecified atom stereocenters. The number of carbonyl (C=O) groups excluding carboxylic acids is 2. The van der Waals surface area contributed by atoms with Crippen LogP contribution in [0.4, 0.5) is 0 Å². The summed E-state index contributed by atoms with van der Waals surface area (Å²) in [6.07, 6.45) is 5.16. The molecule has 0 spiro atoms. The van der Waals surface area contributed by atoms with E-state index in [4.69, 9.17) is 11.6 Å². The van der Waals surface area contributed by atoms with Gasteiger partial charge in [-0.25, -0.2) is 0 Å². The monoisotopic (exact) mass is 426 g/mol. The number of halogens is 1. The molecule has 1 aliphatic rings. The number of rotatable bonds is 8. The zero-order valence-corrected chi connectivity index (χ0v) is 18.6. The molecule has 1 atom stereocenters. The molecule has 2 aromatic rings. The van der Waals surface area contributed by atoms with Crippen molar-refractivity contribution < 1.29 is 9.59 Å². The summed E-state index contributed by atoms with van der Waals surface area (Å²) in [4.78, 5) is 28.2. The quantitative estimate of drug-likeness (QED) is 0.641. The van der Waals surface area contributed by atoms with E-state index in [1.54, 1.807) is 4.90 Å². The second-order valence-electron chi connectivity index (χ2n) is 8.19. The fourth-order valence-corrected chi connectivity index (χ4v) is 4.39. The van der Waals surface area contributed by atoms with Crippen LogP contribution in [0.15, 0.2) is 48.5 Å². The molecule has 0 bridgehead atoms. The molecule has 0 saturated heterocycles. The van der Waals surface area contributed by atoms with Crippen molar-refractivity contribution in [3.63, 3.8) is 0 Å². The molecule has 1 aliphatic carbocycles. The zero-order chi connectivity index (χ0) is 21.5. The average Bonchev–Trinajstić information content (AvgIpc) is 3.22. The molecular formula is C25H31ClN2O2. The first-order chi connectivity index (χ1) is 14.5. The highest BCUT2D eigenvalue weighted by Crippen LogP contribution is 2.22. The minimum Gasteiger partial charge on any atom is -0.352 e. The van der Waals surface area contributed by atoms with Gasteiger partial charge in [-0.2, -0.15) is 0 Å². The minimum absolute atomic E-state index is 0.0611. The third kappa shape index (κ3) is 5.85. The Bertz CT molecular complexity index is 877. The fraction of sp³-hybridized carbons (Fsp3) is 0.440. The van der Waals surface area contributed by atoms with Crippen molar-refractivity contribution >= 4 is 23.4 Å². The molecule has 1 N–H and O–H groups in total. The van der Waals surface area contributed by atoms with E-state index >= 15 is 0 Å². The number of hydrogen-bond acceptors (Lipinski definition) is 2. The molecule has 2 aromatic carbocycles. The third-order valence-electron chi connectivity index (χ3n) is 5.82. The normalized spacial score (nSPS) is 15.0. The molecule has 5 heteroatoms. The van der Waals surface area contributed by atoms with Gasteiger partial charge in [-0.3, -0.25) is 9.59 Å². The summed E-state index contributed by atoms with van der Waals surface area (Å²) < 4.78 is 0. The summed E-state index contributed by atoms with van der Waals surface area (Å²) >= 11 is 6.38. The first-order valence-corrected chi connectivity index (χ1v) is 11.2. The van der Waals surface area contributed by atoms with E-state index in [1.807, 2.05) is 62.4 Å². The number of nitrogens with zero attached hydrogens (tertiary/aromatic N) is 1. The van der Waals surface area contributed by atoms with Gasteiger partial charge in [-0.15, -0.1) is 0 Å². The van der Waals surface area contributed by atoms with Crippen molar-refractivity contribution in [2.45, 2.75) is 71.0 Å². The van der Waals surface area contributed by atoms with Gasteiger partial charge >= 0.3 is 0 Å². The highest BCUT2D eigenvalue weighted by Gasteiger charge is 2.30. The lowest BCUT2D eigenvalue weighted by molar-refractivity contribution is -0.141. The molecule has 0 aromatic heterocycles. The fourth-order valence-electron chi connectivity index (χ4n) is 4.20. The van der Waals surface area contributed by atoms with Gasteiger partial charge in [-0.05, 0) is 43.4 Å². The third-order valence-corrected chi connectivity index (χ3v) is 6.19. The molecule has 160 valence electrons. The van der Waals surface area contributed by atoms with Crippen LogP contribution < -0.4 is 5.32 Å². The lowest BCUT2D eigenvalue weighted by atomic mass is 10.0. The van der Waals surface area contributed by atoms with Crippen molar-refractivity contribution in [3.8, 4) is 0 Å². The molecule has 30 heavy (non-hydrogen) atoms. The van der Waals surface area contributed by atoms with E-state index in [0.717, 1.165) is 42.4 Å². The van der Waals surface area contributed by atoms with E-state index in [9.17, 15) is 9.59 Å². The maximum Gasteiger partial charge on any atom is 0.243 e.